The van der Waals surface area contributed by atoms with Crippen LogP contribution in [0.2, 0.25) is 0 Å². The van der Waals surface area contributed by atoms with Crippen LogP contribution in [0.3, 0.4) is 0 Å². The van der Waals surface area contributed by atoms with Crippen molar-refractivity contribution in [2.75, 3.05) is 0 Å². The van der Waals surface area contributed by atoms with Gasteiger partial charge in [0.1, 0.15) is 0 Å². The van der Waals surface area contributed by atoms with E-state index in [0.29, 0.717) is 5.92 Å². The van der Waals surface area contributed by atoms with Crippen molar-refractivity contribution in [1.82, 2.24) is 0 Å². The minimum atomic E-state index is -0.277. The Hall–Kier alpha value is -0.820. The van der Waals surface area contributed by atoms with Crippen LogP contribution in [0.25, 0.3) is 0 Å². The number of rotatable bonds is 4. The van der Waals surface area contributed by atoms with Gasteiger partial charge in [-0.05, 0) is 30.4 Å². The van der Waals surface area contributed by atoms with Crippen molar-refractivity contribution in [3.05, 3.63) is 35.4 Å². The maximum absolute atomic E-state index is 9.49. The Morgan fingerprint density at radius 1 is 1.00 bits per heavy atom. The SMILES string of the molecule is CC(C)Cc1ccc([C@@H](C)[C@@H](C)O)cc1. The quantitative estimate of drug-likeness (QED) is 0.800. The third kappa shape index (κ3) is 3.67. The summed E-state index contributed by atoms with van der Waals surface area (Å²) in [5.41, 5.74) is 2.60. The Labute approximate surface area is 93.1 Å². The first-order chi connectivity index (χ1) is 7.00. The average molecular weight is 206 g/mol. The Morgan fingerprint density at radius 2 is 1.53 bits per heavy atom. The van der Waals surface area contributed by atoms with E-state index in [1.807, 2.05) is 6.92 Å². The second-order valence-corrected chi connectivity index (χ2v) is 4.87. The fourth-order valence-corrected chi connectivity index (χ4v) is 1.71. The van der Waals surface area contributed by atoms with Gasteiger partial charge in [0, 0.05) is 5.92 Å². The topological polar surface area (TPSA) is 20.2 Å². The van der Waals surface area contributed by atoms with Gasteiger partial charge >= 0.3 is 0 Å². The number of aliphatic hydroxyl groups excluding tert-OH is 1. The first-order valence-corrected chi connectivity index (χ1v) is 5.77. The molecule has 0 aromatic heterocycles. The molecule has 0 unspecified atom stereocenters. The summed E-state index contributed by atoms with van der Waals surface area (Å²) < 4.78 is 0. The number of hydrogen-bond acceptors (Lipinski definition) is 1. The maximum Gasteiger partial charge on any atom is 0.0577 e. The van der Waals surface area contributed by atoms with Gasteiger partial charge in [-0.15, -0.1) is 0 Å². The molecule has 1 aromatic rings. The molecule has 0 spiro atoms. The highest BCUT2D eigenvalue weighted by Crippen LogP contribution is 2.20. The zero-order valence-electron chi connectivity index (χ0n) is 10.2. The molecular weight excluding hydrogens is 184 g/mol. The second-order valence-electron chi connectivity index (χ2n) is 4.87. The molecule has 0 radical (unpaired) electrons. The molecule has 1 N–H and O–H groups in total. The normalized spacial score (nSPS) is 15.3. The van der Waals surface area contributed by atoms with Gasteiger partial charge in [-0.3, -0.25) is 0 Å². The molecule has 1 heteroatoms. The van der Waals surface area contributed by atoms with E-state index >= 15 is 0 Å². The summed E-state index contributed by atoms with van der Waals surface area (Å²) in [7, 11) is 0. The number of hydrogen-bond donors (Lipinski definition) is 1. The summed E-state index contributed by atoms with van der Waals surface area (Å²) >= 11 is 0. The van der Waals surface area contributed by atoms with E-state index in [0.717, 1.165) is 6.42 Å². The van der Waals surface area contributed by atoms with Gasteiger partial charge in [-0.1, -0.05) is 45.0 Å². The lowest BCUT2D eigenvalue weighted by molar-refractivity contribution is 0.169. The third-order valence-electron chi connectivity index (χ3n) is 2.87. The van der Waals surface area contributed by atoms with Crippen molar-refractivity contribution in [2.45, 2.75) is 46.1 Å². The van der Waals surface area contributed by atoms with Gasteiger partial charge in [-0.25, -0.2) is 0 Å². The van der Waals surface area contributed by atoms with Crippen LogP contribution in [-0.4, -0.2) is 11.2 Å². The predicted octanol–water partition coefficient (Wildman–Crippen LogP) is 3.37. The largest absolute Gasteiger partial charge is 0.393 e. The molecule has 0 aliphatic rings. The minimum absolute atomic E-state index is 0.220. The monoisotopic (exact) mass is 206 g/mol. The van der Waals surface area contributed by atoms with Gasteiger partial charge in [0.2, 0.25) is 0 Å². The standard InChI is InChI=1S/C14H22O/c1-10(2)9-13-5-7-14(8-6-13)11(3)12(4)15/h5-8,10-12,15H,9H2,1-4H3/t11-,12+/m0/s1. The van der Waals surface area contributed by atoms with Crippen molar-refractivity contribution in [2.24, 2.45) is 5.92 Å². The average Bonchev–Trinajstić information content (AvgIpc) is 2.17. The summed E-state index contributed by atoms with van der Waals surface area (Å²) in [6.45, 7) is 8.35. The predicted molar refractivity (Wildman–Crippen MR) is 65.1 cm³/mol. The Balaban J connectivity index is 2.72. The van der Waals surface area contributed by atoms with Crippen LogP contribution < -0.4 is 0 Å². The summed E-state index contributed by atoms with van der Waals surface area (Å²) in [5, 5.41) is 9.49. The highest BCUT2D eigenvalue weighted by Gasteiger charge is 2.10. The van der Waals surface area contributed by atoms with Crippen molar-refractivity contribution in [1.29, 1.82) is 0 Å². The van der Waals surface area contributed by atoms with Gasteiger partial charge in [0.25, 0.3) is 0 Å². The lowest BCUT2D eigenvalue weighted by Gasteiger charge is -2.15. The summed E-state index contributed by atoms with van der Waals surface area (Å²) in [6.07, 6.45) is 0.851. The second kappa shape index (κ2) is 5.32. The molecule has 0 aliphatic carbocycles. The molecule has 2 atom stereocenters. The fourth-order valence-electron chi connectivity index (χ4n) is 1.71. The molecule has 15 heavy (non-hydrogen) atoms. The Kier molecular flexibility index (Phi) is 4.34. The van der Waals surface area contributed by atoms with Crippen LogP contribution in [0.4, 0.5) is 0 Å². The van der Waals surface area contributed by atoms with Crippen molar-refractivity contribution in [3.8, 4) is 0 Å². The molecule has 0 aliphatic heterocycles. The van der Waals surface area contributed by atoms with E-state index in [4.69, 9.17) is 0 Å². The van der Waals surface area contributed by atoms with E-state index in [-0.39, 0.29) is 12.0 Å². The molecule has 1 nitrogen and oxygen atoms in total. The van der Waals surface area contributed by atoms with Gasteiger partial charge in [-0.2, -0.15) is 0 Å². The minimum Gasteiger partial charge on any atom is -0.393 e. The molecule has 0 heterocycles. The van der Waals surface area contributed by atoms with Crippen molar-refractivity contribution >= 4 is 0 Å². The molecule has 1 aromatic carbocycles. The zero-order chi connectivity index (χ0) is 11.4. The van der Waals surface area contributed by atoms with Gasteiger partial charge < -0.3 is 5.11 Å². The van der Waals surface area contributed by atoms with Crippen LogP contribution in [-0.2, 0) is 6.42 Å². The smallest absolute Gasteiger partial charge is 0.0577 e. The molecule has 0 fully saturated rings. The number of benzene rings is 1. The van der Waals surface area contributed by atoms with E-state index in [1.54, 1.807) is 0 Å². The summed E-state index contributed by atoms with van der Waals surface area (Å²) in [4.78, 5) is 0. The van der Waals surface area contributed by atoms with Gasteiger partial charge in [0.15, 0.2) is 0 Å². The van der Waals surface area contributed by atoms with Crippen LogP contribution in [0.1, 0.15) is 44.7 Å². The molecule has 0 bridgehead atoms. The Bertz CT molecular complexity index is 285. The van der Waals surface area contributed by atoms with E-state index < -0.39 is 0 Å². The molecule has 84 valence electrons. The summed E-state index contributed by atoms with van der Waals surface area (Å²) in [5.74, 6) is 0.920. The highest BCUT2D eigenvalue weighted by atomic mass is 16.3. The lowest BCUT2D eigenvalue weighted by Crippen LogP contribution is -2.10. The molecular formula is C14H22O. The van der Waals surface area contributed by atoms with E-state index in [9.17, 15) is 5.11 Å². The molecule has 0 saturated carbocycles. The molecule has 0 amide bonds. The third-order valence-corrected chi connectivity index (χ3v) is 2.87. The van der Waals surface area contributed by atoms with Crippen LogP contribution in [0.15, 0.2) is 24.3 Å². The highest BCUT2D eigenvalue weighted by molar-refractivity contribution is 5.25. The van der Waals surface area contributed by atoms with Gasteiger partial charge in [0.05, 0.1) is 6.10 Å². The van der Waals surface area contributed by atoms with E-state index in [2.05, 4.69) is 45.0 Å². The number of aliphatic hydroxyl groups is 1. The Morgan fingerprint density at radius 3 is 1.93 bits per heavy atom. The maximum atomic E-state index is 9.49. The molecule has 0 saturated heterocycles. The first-order valence-electron chi connectivity index (χ1n) is 5.77. The van der Waals surface area contributed by atoms with Crippen LogP contribution in [0.5, 0.6) is 0 Å². The first kappa shape index (κ1) is 12.3. The van der Waals surface area contributed by atoms with Crippen LogP contribution in [0, 0.1) is 5.92 Å². The van der Waals surface area contributed by atoms with Crippen LogP contribution >= 0.6 is 0 Å². The van der Waals surface area contributed by atoms with Crippen molar-refractivity contribution in [3.63, 3.8) is 0 Å². The van der Waals surface area contributed by atoms with Crippen molar-refractivity contribution < 1.29 is 5.11 Å². The summed E-state index contributed by atoms with van der Waals surface area (Å²) in [6, 6.07) is 8.62. The zero-order valence-corrected chi connectivity index (χ0v) is 10.2. The lowest BCUT2D eigenvalue weighted by atomic mass is 9.94. The fraction of sp³-hybridized carbons (Fsp3) is 0.571. The van der Waals surface area contributed by atoms with E-state index in [1.165, 1.54) is 11.1 Å². The molecule has 1 rings (SSSR count).